The predicted molar refractivity (Wildman–Crippen MR) is 57.6 cm³/mol. The zero-order valence-corrected chi connectivity index (χ0v) is 9.35. The SMILES string of the molecule is CC(C)CNCc1c(F)cc(C#N)cc1F. The second kappa shape index (κ2) is 5.57. The summed E-state index contributed by atoms with van der Waals surface area (Å²) in [5.74, 6) is -0.926. The summed E-state index contributed by atoms with van der Waals surface area (Å²) in [6, 6.07) is 3.81. The Bertz CT molecular complexity index is 385. The lowest BCUT2D eigenvalue weighted by molar-refractivity contribution is 0.507. The molecule has 0 fully saturated rings. The highest BCUT2D eigenvalue weighted by atomic mass is 19.1. The zero-order valence-electron chi connectivity index (χ0n) is 9.35. The van der Waals surface area contributed by atoms with Gasteiger partial charge in [0, 0.05) is 12.1 Å². The molecule has 4 heteroatoms. The first-order valence-electron chi connectivity index (χ1n) is 5.13. The van der Waals surface area contributed by atoms with Crippen molar-refractivity contribution in [3.8, 4) is 6.07 Å². The number of hydrogen-bond acceptors (Lipinski definition) is 2. The van der Waals surface area contributed by atoms with Crippen LogP contribution >= 0.6 is 0 Å². The normalized spacial score (nSPS) is 10.5. The molecule has 0 unspecified atom stereocenters. The summed E-state index contributed by atoms with van der Waals surface area (Å²) in [6.07, 6.45) is 0. The maximum atomic E-state index is 13.4. The van der Waals surface area contributed by atoms with Crippen LogP contribution in [0.5, 0.6) is 0 Å². The smallest absolute Gasteiger partial charge is 0.131 e. The van der Waals surface area contributed by atoms with E-state index in [1.54, 1.807) is 6.07 Å². The second-order valence-corrected chi connectivity index (χ2v) is 4.05. The Morgan fingerprint density at radius 2 is 1.88 bits per heavy atom. The summed E-state index contributed by atoms with van der Waals surface area (Å²) in [4.78, 5) is 0. The van der Waals surface area contributed by atoms with Crippen molar-refractivity contribution in [2.24, 2.45) is 5.92 Å². The quantitative estimate of drug-likeness (QED) is 0.853. The van der Waals surface area contributed by atoms with E-state index < -0.39 is 11.6 Å². The second-order valence-electron chi connectivity index (χ2n) is 4.05. The van der Waals surface area contributed by atoms with E-state index in [2.05, 4.69) is 5.32 Å². The van der Waals surface area contributed by atoms with Gasteiger partial charge in [-0.25, -0.2) is 8.78 Å². The van der Waals surface area contributed by atoms with Gasteiger partial charge in [-0.2, -0.15) is 5.26 Å². The van der Waals surface area contributed by atoms with E-state index in [1.165, 1.54) is 0 Å². The van der Waals surface area contributed by atoms with Crippen LogP contribution in [0.2, 0.25) is 0 Å². The molecule has 0 spiro atoms. The van der Waals surface area contributed by atoms with Gasteiger partial charge in [0.15, 0.2) is 0 Å². The van der Waals surface area contributed by atoms with Gasteiger partial charge in [-0.05, 0) is 24.6 Å². The van der Waals surface area contributed by atoms with Crippen molar-refractivity contribution in [3.63, 3.8) is 0 Å². The van der Waals surface area contributed by atoms with Gasteiger partial charge in [0.05, 0.1) is 11.6 Å². The molecule has 0 heterocycles. The van der Waals surface area contributed by atoms with Gasteiger partial charge in [-0.15, -0.1) is 0 Å². The summed E-state index contributed by atoms with van der Waals surface area (Å²) >= 11 is 0. The lowest BCUT2D eigenvalue weighted by Gasteiger charge is -2.09. The van der Waals surface area contributed by atoms with Gasteiger partial charge < -0.3 is 5.32 Å². The van der Waals surface area contributed by atoms with Crippen LogP contribution in [0.25, 0.3) is 0 Å². The van der Waals surface area contributed by atoms with Crippen molar-refractivity contribution < 1.29 is 8.78 Å². The third kappa shape index (κ3) is 3.28. The van der Waals surface area contributed by atoms with Crippen LogP contribution in [0, 0.1) is 28.9 Å². The van der Waals surface area contributed by atoms with Crippen LogP contribution in [-0.4, -0.2) is 6.54 Å². The van der Waals surface area contributed by atoms with E-state index in [-0.39, 0.29) is 17.7 Å². The summed E-state index contributed by atoms with van der Waals surface area (Å²) in [5.41, 5.74) is -0.0118. The Balaban J connectivity index is 2.77. The highest BCUT2D eigenvalue weighted by molar-refractivity contribution is 5.34. The molecule has 0 saturated carbocycles. The standard InChI is InChI=1S/C12H14F2N2/c1-8(2)6-16-7-10-11(13)3-9(5-15)4-12(10)14/h3-4,8,16H,6-7H2,1-2H3. The molecule has 0 radical (unpaired) electrons. The van der Waals surface area contributed by atoms with Crippen molar-refractivity contribution in [2.45, 2.75) is 20.4 Å². The average Bonchev–Trinajstić information content (AvgIpc) is 2.21. The number of benzene rings is 1. The van der Waals surface area contributed by atoms with E-state index in [0.717, 1.165) is 12.1 Å². The largest absolute Gasteiger partial charge is 0.312 e. The number of nitrogens with zero attached hydrogens (tertiary/aromatic N) is 1. The molecule has 86 valence electrons. The summed E-state index contributed by atoms with van der Waals surface area (Å²) in [6.45, 7) is 4.86. The average molecular weight is 224 g/mol. The third-order valence-corrected chi connectivity index (χ3v) is 2.12. The summed E-state index contributed by atoms with van der Waals surface area (Å²) in [7, 11) is 0. The molecule has 0 aliphatic rings. The molecule has 0 aliphatic carbocycles. The highest BCUT2D eigenvalue weighted by Gasteiger charge is 2.10. The van der Waals surface area contributed by atoms with E-state index in [1.807, 2.05) is 13.8 Å². The Morgan fingerprint density at radius 3 is 2.31 bits per heavy atom. The van der Waals surface area contributed by atoms with Gasteiger partial charge in [0.2, 0.25) is 0 Å². The minimum Gasteiger partial charge on any atom is -0.312 e. The maximum Gasteiger partial charge on any atom is 0.131 e. The number of nitriles is 1. The summed E-state index contributed by atoms with van der Waals surface area (Å²) in [5, 5.41) is 11.5. The molecule has 0 amide bonds. The summed E-state index contributed by atoms with van der Waals surface area (Å²) < 4.78 is 26.8. The molecule has 2 nitrogen and oxygen atoms in total. The Morgan fingerprint density at radius 1 is 1.31 bits per heavy atom. The first-order chi connectivity index (χ1) is 7.54. The lowest BCUT2D eigenvalue weighted by atomic mass is 10.1. The van der Waals surface area contributed by atoms with Crippen LogP contribution in [-0.2, 0) is 6.54 Å². The molecule has 1 rings (SSSR count). The van der Waals surface area contributed by atoms with Crippen molar-refractivity contribution in [2.75, 3.05) is 6.54 Å². The third-order valence-electron chi connectivity index (χ3n) is 2.12. The molecular weight excluding hydrogens is 210 g/mol. The van der Waals surface area contributed by atoms with Crippen LogP contribution in [0.3, 0.4) is 0 Å². The maximum absolute atomic E-state index is 13.4. The lowest BCUT2D eigenvalue weighted by Crippen LogP contribution is -2.20. The van der Waals surface area contributed by atoms with E-state index in [9.17, 15) is 8.78 Å². The van der Waals surface area contributed by atoms with Gasteiger partial charge in [-0.3, -0.25) is 0 Å². The minimum absolute atomic E-state index is 0.00242. The van der Waals surface area contributed by atoms with Crippen molar-refractivity contribution >= 4 is 0 Å². The van der Waals surface area contributed by atoms with Gasteiger partial charge >= 0.3 is 0 Å². The van der Waals surface area contributed by atoms with Crippen molar-refractivity contribution in [3.05, 3.63) is 34.9 Å². The van der Waals surface area contributed by atoms with Crippen LogP contribution in [0.4, 0.5) is 8.78 Å². The van der Waals surface area contributed by atoms with Gasteiger partial charge in [-0.1, -0.05) is 13.8 Å². The minimum atomic E-state index is -0.673. The van der Waals surface area contributed by atoms with Crippen LogP contribution in [0.15, 0.2) is 12.1 Å². The van der Waals surface area contributed by atoms with E-state index in [4.69, 9.17) is 5.26 Å². The van der Waals surface area contributed by atoms with E-state index in [0.29, 0.717) is 12.5 Å². The Kier molecular flexibility index (Phi) is 4.39. The predicted octanol–water partition coefficient (Wildman–Crippen LogP) is 2.58. The first kappa shape index (κ1) is 12.6. The molecule has 1 aromatic rings. The Labute approximate surface area is 93.9 Å². The molecule has 0 saturated heterocycles. The number of nitrogens with one attached hydrogen (secondary N) is 1. The fourth-order valence-electron chi connectivity index (χ4n) is 1.32. The fourth-order valence-corrected chi connectivity index (χ4v) is 1.32. The number of hydrogen-bond donors (Lipinski definition) is 1. The van der Waals surface area contributed by atoms with Gasteiger partial charge in [0.25, 0.3) is 0 Å². The molecule has 0 bridgehead atoms. The molecule has 1 aromatic carbocycles. The molecular formula is C12H14F2N2. The first-order valence-corrected chi connectivity index (χ1v) is 5.13. The zero-order chi connectivity index (χ0) is 12.1. The molecule has 0 atom stereocenters. The fraction of sp³-hybridized carbons (Fsp3) is 0.417. The van der Waals surface area contributed by atoms with Crippen molar-refractivity contribution in [1.29, 1.82) is 5.26 Å². The monoisotopic (exact) mass is 224 g/mol. The molecule has 16 heavy (non-hydrogen) atoms. The molecule has 1 N–H and O–H groups in total. The molecule has 0 aliphatic heterocycles. The number of halogens is 2. The van der Waals surface area contributed by atoms with Gasteiger partial charge in [0.1, 0.15) is 11.6 Å². The molecule has 0 aromatic heterocycles. The topological polar surface area (TPSA) is 35.8 Å². The van der Waals surface area contributed by atoms with Crippen LogP contribution < -0.4 is 5.32 Å². The number of rotatable bonds is 4. The van der Waals surface area contributed by atoms with Crippen LogP contribution in [0.1, 0.15) is 25.0 Å². The highest BCUT2D eigenvalue weighted by Crippen LogP contribution is 2.14. The van der Waals surface area contributed by atoms with Crippen molar-refractivity contribution in [1.82, 2.24) is 5.32 Å². The van der Waals surface area contributed by atoms with E-state index >= 15 is 0 Å². The Hall–Kier alpha value is -1.47.